The van der Waals surface area contributed by atoms with Crippen LogP contribution in [0, 0.1) is 0 Å². The Morgan fingerprint density at radius 2 is 1.70 bits per heavy atom. The number of ether oxygens (including phenoxy) is 1. The molecule has 0 aromatic carbocycles. The van der Waals surface area contributed by atoms with Crippen LogP contribution in [0.1, 0.15) is 72.6 Å². The molecule has 1 rings (SSSR count). The Balaban J connectivity index is 2.28. The van der Waals surface area contributed by atoms with E-state index < -0.39 is 5.97 Å². The van der Waals surface area contributed by atoms with Gasteiger partial charge in [-0.25, -0.2) is 4.79 Å². The van der Waals surface area contributed by atoms with Crippen molar-refractivity contribution in [2.45, 2.75) is 78.7 Å². The average molecular weight is 373 g/mol. The van der Waals surface area contributed by atoms with Crippen molar-refractivity contribution in [2.75, 3.05) is 6.61 Å². The molecule has 150 valence electrons. The predicted octanol–water partition coefficient (Wildman–Crippen LogP) is 6.54. The monoisotopic (exact) mass is 372 g/mol. The number of carboxylic acid groups (broad SMARTS) is 1. The van der Waals surface area contributed by atoms with Crippen molar-refractivity contribution in [3.05, 3.63) is 58.7 Å². The van der Waals surface area contributed by atoms with Gasteiger partial charge in [-0.15, -0.1) is 0 Å². The topological polar surface area (TPSA) is 46.5 Å². The Morgan fingerprint density at radius 1 is 1.11 bits per heavy atom. The summed E-state index contributed by atoms with van der Waals surface area (Å²) < 4.78 is 5.63. The van der Waals surface area contributed by atoms with Gasteiger partial charge in [-0.2, -0.15) is 0 Å². The zero-order valence-electron chi connectivity index (χ0n) is 17.5. The fraction of sp³-hybridized carbons (Fsp3) is 0.542. The Labute approximate surface area is 165 Å². The molecule has 0 saturated heterocycles. The van der Waals surface area contributed by atoms with Crippen LogP contribution in [0.25, 0.3) is 0 Å². The first-order valence-corrected chi connectivity index (χ1v) is 9.95. The Morgan fingerprint density at radius 3 is 2.22 bits per heavy atom. The summed E-state index contributed by atoms with van der Waals surface area (Å²) in [4.78, 5) is 10.9. The number of aliphatic carboxylic acids is 1. The molecule has 0 bridgehead atoms. The van der Waals surface area contributed by atoms with Crippen molar-refractivity contribution >= 4 is 5.97 Å². The van der Waals surface area contributed by atoms with Crippen LogP contribution < -0.4 is 0 Å². The maximum absolute atomic E-state index is 10.9. The lowest BCUT2D eigenvalue weighted by molar-refractivity contribution is -0.134. The molecular formula is C24H36O3. The van der Waals surface area contributed by atoms with Gasteiger partial charge in [-0.1, -0.05) is 47.6 Å². The standard InChI is InChI=1S/C24H36O3/c1-18(2)9-6-10-19(3)11-7-12-20(4)13-8-14-22-15-16-23(27-17-22)21(5)24(25)26/h9,11,13,15,23H,5-8,10,12,14,16-17H2,1-4H3,(H,25,26). The van der Waals surface area contributed by atoms with Crippen LogP contribution in [0.3, 0.4) is 0 Å². The van der Waals surface area contributed by atoms with Gasteiger partial charge in [0.25, 0.3) is 0 Å². The van der Waals surface area contributed by atoms with E-state index in [0.29, 0.717) is 13.0 Å². The van der Waals surface area contributed by atoms with Gasteiger partial charge >= 0.3 is 5.97 Å². The molecule has 0 saturated carbocycles. The summed E-state index contributed by atoms with van der Waals surface area (Å²) in [6.45, 7) is 12.8. The number of hydrogen-bond acceptors (Lipinski definition) is 2. The van der Waals surface area contributed by atoms with Gasteiger partial charge in [0.1, 0.15) is 0 Å². The minimum absolute atomic E-state index is 0.144. The van der Waals surface area contributed by atoms with Crippen LogP contribution in [0.2, 0.25) is 0 Å². The summed E-state index contributed by atoms with van der Waals surface area (Å²) in [5.74, 6) is -0.975. The highest BCUT2D eigenvalue weighted by molar-refractivity contribution is 5.87. The van der Waals surface area contributed by atoms with Crippen LogP contribution >= 0.6 is 0 Å². The van der Waals surface area contributed by atoms with E-state index in [1.54, 1.807) is 0 Å². The first-order chi connectivity index (χ1) is 12.8. The second-order valence-corrected chi connectivity index (χ2v) is 7.73. The van der Waals surface area contributed by atoms with Crippen LogP contribution in [0.15, 0.2) is 58.7 Å². The molecule has 0 amide bonds. The SMILES string of the molecule is C=C(C(=O)O)C1CC=C(CCC=C(C)CCC=C(C)CCC=C(C)C)CO1. The van der Waals surface area contributed by atoms with E-state index in [0.717, 1.165) is 38.5 Å². The summed E-state index contributed by atoms with van der Waals surface area (Å²) in [6.07, 6.45) is 15.8. The maximum atomic E-state index is 10.9. The molecular weight excluding hydrogens is 336 g/mol. The highest BCUT2D eigenvalue weighted by atomic mass is 16.5. The maximum Gasteiger partial charge on any atom is 0.333 e. The highest BCUT2D eigenvalue weighted by Gasteiger charge is 2.21. The fourth-order valence-corrected chi connectivity index (χ4v) is 3.01. The molecule has 0 radical (unpaired) electrons. The Hall–Kier alpha value is -1.87. The highest BCUT2D eigenvalue weighted by Crippen LogP contribution is 2.21. The first-order valence-electron chi connectivity index (χ1n) is 9.95. The molecule has 27 heavy (non-hydrogen) atoms. The molecule has 1 atom stereocenters. The lowest BCUT2D eigenvalue weighted by Crippen LogP contribution is -2.24. The molecule has 1 aliphatic heterocycles. The van der Waals surface area contributed by atoms with E-state index in [4.69, 9.17) is 9.84 Å². The molecule has 1 unspecified atom stereocenters. The minimum Gasteiger partial charge on any atom is -0.478 e. The van der Waals surface area contributed by atoms with Gasteiger partial charge in [0, 0.05) is 0 Å². The zero-order chi connectivity index (χ0) is 20.2. The van der Waals surface area contributed by atoms with E-state index >= 15 is 0 Å². The van der Waals surface area contributed by atoms with E-state index in [1.807, 2.05) is 0 Å². The number of hydrogen-bond donors (Lipinski definition) is 1. The van der Waals surface area contributed by atoms with Crippen molar-refractivity contribution in [3.63, 3.8) is 0 Å². The summed E-state index contributed by atoms with van der Waals surface area (Å²) in [7, 11) is 0. The van der Waals surface area contributed by atoms with Crippen molar-refractivity contribution < 1.29 is 14.6 Å². The summed E-state index contributed by atoms with van der Waals surface area (Å²) in [6, 6.07) is 0. The molecule has 0 spiro atoms. The molecule has 0 fully saturated rings. The van der Waals surface area contributed by atoms with Crippen molar-refractivity contribution in [1.29, 1.82) is 0 Å². The number of carboxylic acids is 1. The smallest absolute Gasteiger partial charge is 0.333 e. The lowest BCUT2D eigenvalue weighted by atomic mass is 10.0. The molecule has 0 aliphatic carbocycles. The summed E-state index contributed by atoms with van der Waals surface area (Å²) in [5, 5.41) is 8.96. The van der Waals surface area contributed by atoms with Gasteiger partial charge in [0.2, 0.25) is 0 Å². The second-order valence-electron chi connectivity index (χ2n) is 7.73. The molecule has 0 aromatic heterocycles. The van der Waals surface area contributed by atoms with Crippen LogP contribution in [-0.4, -0.2) is 23.8 Å². The Kier molecular flexibility index (Phi) is 10.7. The molecule has 3 heteroatoms. The third-order valence-corrected chi connectivity index (χ3v) is 4.83. The van der Waals surface area contributed by atoms with E-state index in [-0.39, 0.29) is 11.7 Å². The second kappa shape index (κ2) is 12.5. The molecule has 1 aliphatic rings. The zero-order valence-corrected chi connectivity index (χ0v) is 17.5. The van der Waals surface area contributed by atoms with Crippen LogP contribution in [0.5, 0.6) is 0 Å². The van der Waals surface area contributed by atoms with Crippen molar-refractivity contribution in [2.24, 2.45) is 0 Å². The van der Waals surface area contributed by atoms with Crippen LogP contribution in [0.4, 0.5) is 0 Å². The number of allylic oxidation sites excluding steroid dienone is 6. The quantitative estimate of drug-likeness (QED) is 0.331. The van der Waals surface area contributed by atoms with E-state index in [9.17, 15) is 4.79 Å². The first kappa shape index (κ1) is 23.2. The summed E-state index contributed by atoms with van der Waals surface area (Å²) >= 11 is 0. The van der Waals surface area contributed by atoms with Crippen molar-refractivity contribution in [3.8, 4) is 0 Å². The molecule has 3 nitrogen and oxygen atoms in total. The predicted molar refractivity (Wildman–Crippen MR) is 114 cm³/mol. The van der Waals surface area contributed by atoms with Gasteiger partial charge < -0.3 is 9.84 Å². The van der Waals surface area contributed by atoms with E-state index in [2.05, 4.69) is 58.6 Å². The van der Waals surface area contributed by atoms with Gasteiger partial charge in [-0.3, -0.25) is 0 Å². The normalized spacial score (nSPS) is 18.1. The lowest BCUT2D eigenvalue weighted by Gasteiger charge is -2.22. The van der Waals surface area contributed by atoms with Gasteiger partial charge in [-0.05, 0) is 78.2 Å². The third kappa shape index (κ3) is 10.1. The number of carbonyl (C=O) groups is 1. The van der Waals surface area contributed by atoms with Crippen molar-refractivity contribution in [1.82, 2.24) is 0 Å². The van der Waals surface area contributed by atoms with E-state index in [1.165, 1.54) is 22.3 Å². The third-order valence-electron chi connectivity index (χ3n) is 4.83. The molecule has 0 aromatic rings. The molecule has 1 heterocycles. The van der Waals surface area contributed by atoms with Crippen LogP contribution in [-0.2, 0) is 9.53 Å². The Bertz CT molecular complexity index is 628. The fourth-order valence-electron chi connectivity index (χ4n) is 3.01. The van der Waals surface area contributed by atoms with Gasteiger partial charge in [0.05, 0.1) is 18.3 Å². The number of rotatable bonds is 11. The largest absolute Gasteiger partial charge is 0.478 e. The molecule has 1 N–H and O–H groups in total. The minimum atomic E-state index is -0.975. The summed E-state index contributed by atoms with van der Waals surface area (Å²) in [5.41, 5.74) is 5.69. The van der Waals surface area contributed by atoms with Gasteiger partial charge in [0.15, 0.2) is 0 Å². The average Bonchev–Trinajstić information content (AvgIpc) is 2.61.